The Morgan fingerprint density at radius 3 is 3.07 bits per heavy atom. The Bertz CT molecular complexity index is 339. The van der Waals surface area contributed by atoms with Crippen molar-refractivity contribution in [3.05, 3.63) is 30.1 Å². The van der Waals surface area contributed by atoms with Crippen molar-refractivity contribution in [3.8, 4) is 0 Å². The topological polar surface area (TPSA) is 45.2 Å². The van der Waals surface area contributed by atoms with Gasteiger partial charge in [-0.2, -0.15) is 0 Å². The molecule has 1 N–H and O–H groups in total. The fourth-order valence-electron chi connectivity index (χ4n) is 1.81. The lowest BCUT2D eigenvalue weighted by Crippen LogP contribution is -2.36. The van der Waals surface area contributed by atoms with E-state index in [1.54, 1.807) is 18.3 Å². The number of nitrogens with zero attached hydrogens (tertiary/aromatic N) is 2. The second-order valence-electron chi connectivity index (χ2n) is 3.94. The Balaban J connectivity index is 1.93. The van der Waals surface area contributed by atoms with Crippen molar-refractivity contribution < 1.29 is 4.79 Å². The summed E-state index contributed by atoms with van der Waals surface area (Å²) in [5.41, 5.74) is 0.493. The lowest BCUT2D eigenvalue weighted by atomic mass is 10.2. The predicted molar refractivity (Wildman–Crippen MR) is 57.6 cm³/mol. The smallest absolute Gasteiger partial charge is 0.270 e. The number of carbonyl (C=O) groups excluding carboxylic acids is 1. The Hall–Kier alpha value is -1.42. The molecule has 1 amide bonds. The van der Waals surface area contributed by atoms with Crippen molar-refractivity contribution in [1.82, 2.24) is 15.2 Å². The molecule has 0 bridgehead atoms. The molecule has 4 nitrogen and oxygen atoms in total. The highest BCUT2D eigenvalue weighted by Crippen LogP contribution is 2.06. The molecule has 1 aromatic heterocycles. The quantitative estimate of drug-likeness (QED) is 0.765. The number of carbonyl (C=O) groups is 1. The zero-order valence-electron chi connectivity index (χ0n) is 8.81. The number of amides is 1. The van der Waals surface area contributed by atoms with E-state index in [0.717, 1.165) is 19.5 Å². The van der Waals surface area contributed by atoms with Crippen molar-refractivity contribution in [2.24, 2.45) is 0 Å². The third kappa shape index (κ3) is 2.53. The summed E-state index contributed by atoms with van der Waals surface area (Å²) < 4.78 is 0. The van der Waals surface area contributed by atoms with Crippen molar-refractivity contribution in [2.45, 2.75) is 12.5 Å². The number of hydrogen-bond acceptors (Lipinski definition) is 3. The summed E-state index contributed by atoms with van der Waals surface area (Å²) in [4.78, 5) is 17.9. The van der Waals surface area contributed by atoms with Gasteiger partial charge in [0.1, 0.15) is 5.69 Å². The van der Waals surface area contributed by atoms with Crippen LogP contribution in [0.2, 0.25) is 0 Å². The van der Waals surface area contributed by atoms with E-state index in [2.05, 4.69) is 22.2 Å². The van der Waals surface area contributed by atoms with E-state index >= 15 is 0 Å². The first-order valence-corrected chi connectivity index (χ1v) is 5.16. The minimum atomic E-state index is -0.0732. The monoisotopic (exact) mass is 205 g/mol. The van der Waals surface area contributed by atoms with Gasteiger partial charge in [-0.15, -0.1) is 0 Å². The van der Waals surface area contributed by atoms with E-state index in [1.165, 1.54) is 0 Å². The standard InChI is InChI=1S/C11H15N3O/c1-14-7-5-9(8-14)13-11(15)10-4-2-3-6-12-10/h2-4,6,9H,5,7-8H2,1H3,(H,13,15)/t9-/m0/s1. The summed E-state index contributed by atoms with van der Waals surface area (Å²) in [5, 5.41) is 2.98. The highest BCUT2D eigenvalue weighted by molar-refractivity contribution is 5.92. The molecule has 0 aromatic carbocycles. The molecule has 2 rings (SSSR count). The molecule has 1 fully saturated rings. The van der Waals surface area contributed by atoms with Crippen LogP contribution in [0.3, 0.4) is 0 Å². The summed E-state index contributed by atoms with van der Waals surface area (Å²) in [6.45, 7) is 1.98. The van der Waals surface area contributed by atoms with Crippen LogP contribution in [0.4, 0.5) is 0 Å². The van der Waals surface area contributed by atoms with Crippen molar-refractivity contribution in [2.75, 3.05) is 20.1 Å². The second-order valence-corrected chi connectivity index (χ2v) is 3.94. The molecule has 0 spiro atoms. The number of likely N-dealkylation sites (N-methyl/N-ethyl adjacent to an activating group) is 1. The average Bonchev–Trinajstić information content (AvgIpc) is 2.65. The summed E-state index contributed by atoms with van der Waals surface area (Å²) in [5.74, 6) is -0.0732. The maximum Gasteiger partial charge on any atom is 0.270 e. The molecule has 1 saturated heterocycles. The van der Waals surface area contributed by atoms with Crippen LogP contribution in [0.15, 0.2) is 24.4 Å². The third-order valence-corrected chi connectivity index (χ3v) is 2.62. The van der Waals surface area contributed by atoms with Gasteiger partial charge in [-0.25, -0.2) is 0 Å². The van der Waals surface area contributed by atoms with E-state index in [1.807, 2.05) is 6.07 Å². The maximum absolute atomic E-state index is 11.7. The van der Waals surface area contributed by atoms with Crippen LogP contribution in [0.1, 0.15) is 16.9 Å². The highest BCUT2D eigenvalue weighted by Gasteiger charge is 2.21. The van der Waals surface area contributed by atoms with Gasteiger partial charge >= 0.3 is 0 Å². The van der Waals surface area contributed by atoms with E-state index in [0.29, 0.717) is 5.69 Å². The van der Waals surface area contributed by atoms with E-state index in [-0.39, 0.29) is 11.9 Å². The van der Waals surface area contributed by atoms with Gasteiger partial charge in [-0.05, 0) is 32.1 Å². The van der Waals surface area contributed by atoms with Gasteiger partial charge in [0.15, 0.2) is 0 Å². The summed E-state index contributed by atoms with van der Waals surface area (Å²) in [6.07, 6.45) is 2.66. The molecule has 0 unspecified atom stereocenters. The second kappa shape index (κ2) is 4.40. The van der Waals surface area contributed by atoms with Gasteiger partial charge in [0.2, 0.25) is 0 Å². The first kappa shape index (κ1) is 10.1. The predicted octanol–water partition coefficient (Wildman–Crippen LogP) is 0.515. The summed E-state index contributed by atoms with van der Waals surface area (Å²) >= 11 is 0. The SMILES string of the molecule is CN1CC[C@H](NC(=O)c2ccccn2)C1. The first-order chi connectivity index (χ1) is 7.25. The molecule has 15 heavy (non-hydrogen) atoms. The zero-order valence-corrected chi connectivity index (χ0v) is 8.81. The minimum absolute atomic E-state index is 0.0732. The number of aromatic nitrogens is 1. The largest absolute Gasteiger partial charge is 0.347 e. The molecular formula is C11H15N3O. The van der Waals surface area contributed by atoms with Crippen molar-refractivity contribution in [3.63, 3.8) is 0 Å². The molecule has 0 radical (unpaired) electrons. The van der Waals surface area contributed by atoms with Gasteiger partial charge in [-0.3, -0.25) is 9.78 Å². The lowest BCUT2D eigenvalue weighted by molar-refractivity contribution is 0.0933. The minimum Gasteiger partial charge on any atom is -0.347 e. The average molecular weight is 205 g/mol. The summed E-state index contributed by atoms with van der Waals surface area (Å²) in [7, 11) is 2.06. The maximum atomic E-state index is 11.7. The van der Waals surface area contributed by atoms with Crippen LogP contribution < -0.4 is 5.32 Å². The first-order valence-electron chi connectivity index (χ1n) is 5.16. The van der Waals surface area contributed by atoms with Gasteiger partial charge in [0, 0.05) is 18.8 Å². The molecule has 2 heterocycles. The van der Waals surface area contributed by atoms with Gasteiger partial charge in [-0.1, -0.05) is 6.07 Å². The van der Waals surface area contributed by atoms with E-state index < -0.39 is 0 Å². The van der Waals surface area contributed by atoms with E-state index in [4.69, 9.17) is 0 Å². The van der Waals surface area contributed by atoms with Gasteiger partial charge < -0.3 is 10.2 Å². The number of likely N-dealkylation sites (tertiary alicyclic amines) is 1. The van der Waals surface area contributed by atoms with Crippen LogP contribution in [0.5, 0.6) is 0 Å². The van der Waals surface area contributed by atoms with Crippen LogP contribution in [-0.2, 0) is 0 Å². The molecule has 80 valence electrons. The van der Waals surface area contributed by atoms with Crippen molar-refractivity contribution >= 4 is 5.91 Å². The Morgan fingerprint density at radius 1 is 1.60 bits per heavy atom. The third-order valence-electron chi connectivity index (χ3n) is 2.62. The number of nitrogens with one attached hydrogen (secondary N) is 1. The van der Waals surface area contributed by atoms with Gasteiger partial charge in [0.25, 0.3) is 5.91 Å². The van der Waals surface area contributed by atoms with Crippen molar-refractivity contribution in [1.29, 1.82) is 0 Å². The molecule has 1 atom stereocenters. The van der Waals surface area contributed by atoms with Crippen LogP contribution >= 0.6 is 0 Å². The Morgan fingerprint density at radius 2 is 2.47 bits per heavy atom. The number of rotatable bonds is 2. The van der Waals surface area contributed by atoms with Crippen LogP contribution in [0, 0.1) is 0 Å². The summed E-state index contributed by atoms with van der Waals surface area (Å²) in [6, 6.07) is 5.63. The van der Waals surface area contributed by atoms with Gasteiger partial charge in [0.05, 0.1) is 0 Å². The highest BCUT2D eigenvalue weighted by atomic mass is 16.1. The fraction of sp³-hybridized carbons (Fsp3) is 0.455. The van der Waals surface area contributed by atoms with Crippen LogP contribution in [0.25, 0.3) is 0 Å². The number of hydrogen-bond donors (Lipinski definition) is 1. The molecule has 1 aliphatic heterocycles. The zero-order chi connectivity index (χ0) is 10.7. The molecular weight excluding hydrogens is 190 g/mol. The molecule has 0 aliphatic carbocycles. The molecule has 1 aliphatic rings. The van der Waals surface area contributed by atoms with E-state index in [9.17, 15) is 4.79 Å². The lowest BCUT2D eigenvalue weighted by Gasteiger charge is -2.12. The number of pyridine rings is 1. The molecule has 0 saturated carbocycles. The fourth-order valence-corrected chi connectivity index (χ4v) is 1.81. The van der Waals surface area contributed by atoms with Crippen LogP contribution in [-0.4, -0.2) is 42.0 Å². The normalized spacial score (nSPS) is 21.5. The molecule has 1 aromatic rings. The Labute approximate surface area is 89.3 Å². The molecule has 4 heteroatoms. The Kier molecular flexibility index (Phi) is 2.97.